The van der Waals surface area contributed by atoms with E-state index in [4.69, 9.17) is 10.5 Å². The van der Waals surface area contributed by atoms with Crippen LogP contribution in [-0.2, 0) is 11.3 Å². The first kappa shape index (κ1) is 14.8. The van der Waals surface area contributed by atoms with Crippen LogP contribution < -0.4 is 10.6 Å². The average Bonchev–Trinajstić information content (AvgIpc) is 2.53. The number of rotatable bonds is 5. The molecule has 5 heteroatoms. The Bertz CT molecular complexity index is 611. The van der Waals surface area contributed by atoms with Crippen molar-refractivity contribution >= 4 is 17.5 Å². The largest absolute Gasteiger partial charge is 0.465 e. The lowest BCUT2D eigenvalue weighted by Gasteiger charge is -2.23. The van der Waals surface area contributed by atoms with Gasteiger partial charge in [0.2, 0.25) is 0 Å². The van der Waals surface area contributed by atoms with Crippen LogP contribution in [0.15, 0.2) is 42.6 Å². The van der Waals surface area contributed by atoms with Gasteiger partial charge in [-0.2, -0.15) is 0 Å². The summed E-state index contributed by atoms with van der Waals surface area (Å²) in [6.07, 6.45) is 1.67. The molecule has 0 aliphatic rings. The fraction of sp³-hybridized carbons (Fsp3) is 0.250. The van der Waals surface area contributed by atoms with Gasteiger partial charge >= 0.3 is 5.97 Å². The maximum Gasteiger partial charge on any atom is 0.341 e. The van der Waals surface area contributed by atoms with Crippen molar-refractivity contribution in [1.82, 2.24) is 4.98 Å². The number of nitrogens with zero attached hydrogens (tertiary/aromatic N) is 2. The summed E-state index contributed by atoms with van der Waals surface area (Å²) in [5.74, 6) is 0.248. The standard InChI is InChI=1S/C16H19N3O2/c1-3-19(11-12-6-8-13(17)9-7-12)15-14(16(20)21-2)5-4-10-18-15/h4-10H,3,11,17H2,1-2H3. The predicted octanol–water partition coefficient (Wildman–Crippen LogP) is 2.48. The van der Waals surface area contributed by atoms with E-state index in [1.54, 1.807) is 18.3 Å². The highest BCUT2D eigenvalue weighted by Gasteiger charge is 2.17. The van der Waals surface area contributed by atoms with Gasteiger partial charge in [0.15, 0.2) is 0 Å². The highest BCUT2D eigenvalue weighted by molar-refractivity contribution is 5.94. The second-order valence-corrected chi connectivity index (χ2v) is 4.62. The third-order valence-corrected chi connectivity index (χ3v) is 3.23. The Morgan fingerprint density at radius 2 is 2.00 bits per heavy atom. The normalized spacial score (nSPS) is 10.2. The Kier molecular flexibility index (Phi) is 4.77. The van der Waals surface area contributed by atoms with Crippen molar-refractivity contribution < 1.29 is 9.53 Å². The third-order valence-electron chi connectivity index (χ3n) is 3.23. The molecule has 0 unspecified atom stereocenters. The van der Waals surface area contributed by atoms with Gasteiger partial charge < -0.3 is 15.4 Å². The number of carbonyl (C=O) groups excluding carboxylic acids is 1. The van der Waals surface area contributed by atoms with Gasteiger partial charge in [0.05, 0.1) is 7.11 Å². The molecule has 0 amide bonds. The molecule has 0 radical (unpaired) electrons. The van der Waals surface area contributed by atoms with Crippen LogP contribution in [0.5, 0.6) is 0 Å². The smallest absolute Gasteiger partial charge is 0.341 e. The fourth-order valence-corrected chi connectivity index (χ4v) is 2.10. The molecule has 0 atom stereocenters. The molecular formula is C16H19N3O2. The van der Waals surface area contributed by atoms with Crippen LogP contribution in [0.2, 0.25) is 0 Å². The summed E-state index contributed by atoms with van der Waals surface area (Å²) >= 11 is 0. The molecule has 1 heterocycles. The van der Waals surface area contributed by atoms with E-state index in [1.165, 1.54) is 7.11 Å². The van der Waals surface area contributed by atoms with Crippen molar-refractivity contribution in [2.45, 2.75) is 13.5 Å². The Balaban J connectivity index is 2.29. The van der Waals surface area contributed by atoms with Crippen molar-refractivity contribution in [1.29, 1.82) is 0 Å². The van der Waals surface area contributed by atoms with Crippen LogP contribution in [0.25, 0.3) is 0 Å². The zero-order valence-corrected chi connectivity index (χ0v) is 12.2. The molecule has 0 bridgehead atoms. The quantitative estimate of drug-likeness (QED) is 0.675. The van der Waals surface area contributed by atoms with Gasteiger partial charge in [-0.25, -0.2) is 9.78 Å². The molecule has 0 spiro atoms. The molecule has 2 aromatic rings. The van der Waals surface area contributed by atoms with Crippen molar-refractivity contribution in [3.63, 3.8) is 0 Å². The number of ether oxygens (including phenoxy) is 1. The second-order valence-electron chi connectivity index (χ2n) is 4.62. The van der Waals surface area contributed by atoms with Gasteiger partial charge in [0, 0.05) is 25.0 Å². The molecule has 110 valence electrons. The Labute approximate surface area is 124 Å². The number of aromatic nitrogens is 1. The van der Waals surface area contributed by atoms with Gasteiger partial charge in [0.1, 0.15) is 11.4 Å². The Hall–Kier alpha value is -2.56. The van der Waals surface area contributed by atoms with E-state index in [1.807, 2.05) is 36.1 Å². The van der Waals surface area contributed by atoms with Crippen LogP contribution in [0.1, 0.15) is 22.8 Å². The fourth-order valence-electron chi connectivity index (χ4n) is 2.10. The Morgan fingerprint density at radius 3 is 2.62 bits per heavy atom. The summed E-state index contributed by atoms with van der Waals surface area (Å²) in [4.78, 5) is 18.2. The van der Waals surface area contributed by atoms with E-state index in [2.05, 4.69) is 4.98 Å². The highest BCUT2D eigenvalue weighted by Crippen LogP contribution is 2.20. The molecule has 2 rings (SSSR count). The number of carbonyl (C=O) groups is 1. The van der Waals surface area contributed by atoms with Gasteiger partial charge in [-0.3, -0.25) is 0 Å². The molecule has 5 nitrogen and oxygen atoms in total. The van der Waals surface area contributed by atoms with Crippen molar-refractivity contribution in [3.05, 3.63) is 53.7 Å². The number of anilines is 2. The molecule has 0 saturated heterocycles. The maximum absolute atomic E-state index is 11.8. The number of nitrogens with two attached hydrogens (primary N) is 1. The van der Waals surface area contributed by atoms with Crippen LogP contribution in [-0.4, -0.2) is 24.6 Å². The third kappa shape index (κ3) is 3.51. The maximum atomic E-state index is 11.8. The SMILES string of the molecule is CCN(Cc1ccc(N)cc1)c1ncccc1C(=O)OC. The molecule has 21 heavy (non-hydrogen) atoms. The molecule has 0 aliphatic heterocycles. The van der Waals surface area contributed by atoms with E-state index >= 15 is 0 Å². The van der Waals surface area contributed by atoms with Crippen LogP contribution >= 0.6 is 0 Å². The van der Waals surface area contributed by atoms with Crippen molar-refractivity contribution in [2.75, 3.05) is 24.3 Å². The monoisotopic (exact) mass is 285 g/mol. The number of esters is 1. The van der Waals surface area contributed by atoms with Crippen LogP contribution in [0, 0.1) is 0 Å². The number of hydrogen-bond donors (Lipinski definition) is 1. The van der Waals surface area contributed by atoms with E-state index in [-0.39, 0.29) is 5.97 Å². The predicted molar refractivity (Wildman–Crippen MR) is 83.2 cm³/mol. The summed E-state index contributed by atoms with van der Waals surface area (Å²) in [5, 5.41) is 0. The van der Waals surface area contributed by atoms with Crippen LogP contribution in [0.4, 0.5) is 11.5 Å². The first-order chi connectivity index (χ1) is 10.2. The van der Waals surface area contributed by atoms with Gasteiger partial charge in [0.25, 0.3) is 0 Å². The summed E-state index contributed by atoms with van der Waals surface area (Å²) in [6.45, 7) is 3.40. The minimum Gasteiger partial charge on any atom is -0.465 e. The number of benzene rings is 1. The number of methoxy groups -OCH3 is 1. The Morgan fingerprint density at radius 1 is 1.29 bits per heavy atom. The number of nitrogen functional groups attached to an aromatic ring is 1. The van der Waals surface area contributed by atoms with E-state index in [9.17, 15) is 4.79 Å². The van der Waals surface area contributed by atoms with Gasteiger partial charge in [-0.05, 0) is 36.8 Å². The zero-order valence-electron chi connectivity index (χ0n) is 12.2. The molecule has 1 aromatic carbocycles. The second kappa shape index (κ2) is 6.74. The zero-order chi connectivity index (χ0) is 15.2. The summed E-state index contributed by atoms with van der Waals surface area (Å²) in [6, 6.07) is 11.1. The first-order valence-electron chi connectivity index (χ1n) is 6.78. The summed E-state index contributed by atoms with van der Waals surface area (Å²) in [5.41, 5.74) is 8.00. The number of hydrogen-bond acceptors (Lipinski definition) is 5. The van der Waals surface area contributed by atoms with E-state index in [0.29, 0.717) is 17.9 Å². The van der Waals surface area contributed by atoms with Crippen molar-refractivity contribution in [3.8, 4) is 0 Å². The molecular weight excluding hydrogens is 266 g/mol. The lowest BCUT2D eigenvalue weighted by atomic mass is 10.1. The van der Waals surface area contributed by atoms with Crippen LogP contribution in [0.3, 0.4) is 0 Å². The first-order valence-corrected chi connectivity index (χ1v) is 6.78. The average molecular weight is 285 g/mol. The lowest BCUT2D eigenvalue weighted by molar-refractivity contribution is 0.0601. The molecule has 0 saturated carbocycles. The molecule has 1 aromatic heterocycles. The minimum atomic E-state index is -0.381. The lowest BCUT2D eigenvalue weighted by Crippen LogP contribution is -2.25. The molecule has 0 aliphatic carbocycles. The molecule has 2 N–H and O–H groups in total. The van der Waals surface area contributed by atoms with Gasteiger partial charge in [-0.1, -0.05) is 12.1 Å². The minimum absolute atomic E-state index is 0.381. The van der Waals surface area contributed by atoms with Crippen molar-refractivity contribution in [2.24, 2.45) is 0 Å². The van der Waals surface area contributed by atoms with E-state index < -0.39 is 0 Å². The van der Waals surface area contributed by atoms with E-state index in [0.717, 1.165) is 17.8 Å². The topological polar surface area (TPSA) is 68.5 Å². The summed E-state index contributed by atoms with van der Waals surface area (Å²) < 4.78 is 4.82. The molecule has 0 fully saturated rings. The number of pyridine rings is 1. The summed E-state index contributed by atoms with van der Waals surface area (Å²) in [7, 11) is 1.37. The highest BCUT2D eigenvalue weighted by atomic mass is 16.5. The van der Waals surface area contributed by atoms with Gasteiger partial charge in [-0.15, -0.1) is 0 Å².